The predicted molar refractivity (Wildman–Crippen MR) is 18.2 cm³/mol. The van der Waals surface area contributed by atoms with Gasteiger partial charge in [0, 0.05) is 36.4 Å². The largest absolute Gasteiger partial charge is 0.0776 e. The van der Waals surface area contributed by atoms with Crippen molar-refractivity contribution in [2.75, 3.05) is 0 Å². The van der Waals surface area contributed by atoms with Crippen LogP contribution in [0.4, 0.5) is 0 Å². The fourth-order valence-electron chi connectivity index (χ4n) is 0. The quantitative estimate of drug-likeness (QED) is 0.382. The molecular weight excluding hydrogens is 107 g/mol. The second-order valence-corrected chi connectivity index (χ2v) is 0. The van der Waals surface area contributed by atoms with Crippen LogP contribution in [0.3, 0.4) is 0 Å². The number of hydrogen-bond acceptors (Lipinski definition) is 0. The molecule has 0 spiro atoms. The van der Waals surface area contributed by atoms with Crippen LogP contribution in [0.1, 0.15) is 7.43 Å². The number of hydrogen-bond donors (Lipinski definition) is 0. The van der Waals surface area contributed by atoms with E-state index in [2.05, 4.69) is 0 Å². The zero-order valence-corrected chi connectivity index (χ0v) is 3.54. The molecule has 23 valence electrons. The monoisotopic (exact) mass is 111 g/mol. The molecular formula is CH4BFeSi. The molecule has 0 fully saturated rings. The minimum absolute atomic E-state index is 0. The van der Waals surface area contributed by atoms with Crippen molar-refractivity contribution >= 4 is 19.4 Å². The smallest absolute Gasteiger partial charge is 0 e. The molecule has 0 unspecified atom stereocenters. The van der Waals surface area contributed by atoms with Crippen molar-refractivity contribution in [3.8, 4) is 0 Å². The summed E-state index contributed by atoms with van der Waals surface area (Å²) in [5, 5.41) is 0. The Morgan fingerprint density at radius 3 is 1.00 bits per heavy atom. The van der Waals surface area contributed by atoms with Crippen LogP contribution in [-0.2, 0) is 17.1 Å². The first-order chi connectivity index (χ1) is 0. The first-order valence-electron chi connectivity index (χ1n) is 0. The van der Waals surface area contributed by atoms with Gasteiger partial charge in [0.2, 0.25) is 0 Å². The van der Waals surface area contributed by atoms with Crippen LogP contribution in [-0.4, -0.2) is 19.4 Å². The summed E-state index contributed by atoms with van der Waals surface area (Å²) in [6.45, 7) is 0. The van der Waals surface area contributed by atoms with E-state index in [1.54, 1.807) is 0 Å². The molecule has 0 N–H and O–H groups in total. The minimum Gasteiger partial charge on any atom is -0.0776 e. The SMILES string of the molecule is C.[B].[Fe].[Si]. The van der Waals surface area contributed by atoms with Crippen molar-refractivity contribution in [3.63, 3.8) is 0 Å². The maximum atomic E-state index is 0. The van der Waals surface area contributed by atoms with Crippen molar-refractivity contribution in [3.05, 3.63) is 0 Å². The van der Waals surface area contributed by atoms with Gasteiger partial charge < -0.3 is 0 Å². The van der Waals surface area contributed by atoms with Crippen LogP contribution < -0.4 is 0 Å². The fraction of sp³-hybridized carbons (Fsp3) is 1.00. The van der Waals surface area contributed by atoms with Crippen LogP contribution in [0.5, 0.6) is 0 Å². The van der Waals surface area contributed by atoms with E-state index in [0.717, 1.165) is 0 Å². The van der Waals surface area contributed by atoms with E-state index in [0.29, 0.717) is 0 Å². The molecule has 0 aromatic heterocycles. The van der Waals surface area contributed by atoms with Gasteiger partial charge in [0.15, 0.2) is 0 Å². The average molecular weight is 111 g/mol. The molecule has 0 rings (SSSR count). The summed E-state index contributed by atoms with van der Waals surface area (Å²) in [6.07, 6.45) is 0. The summed E-state index contributed by atoms with van der Waals surface area (Å²) >= 11 is 0. The predicted octanol–water partition coefficient (Wildman–Crippen LogP) is -0.128. The van der Waals surface area contributed by atoms with Crippen molar-refractivity contribution in [1.82, 2.24) is 0 Å². The van der Waals surface area contributed by atoms with Gasteiger partial charge in [-0.25, -0.2) is 0 Å². The maximum absolute atomic E-state index is 0. The van der Waals surface area contributed by atoms with E-state index in [-0.39, 0.29) is 43.9 Å². The van der Waals surface area contributed by atoms with Gasteiger partial charge in [-0.1, -0.05) is 7.43 Å². The Kier molecular flexibility index (Phi) is 1250. The Balaban J connectivity index is 0. The van der Waals surface area contributed by atoms with Crippen LogP contribution >= 0.6 is 0 Å². The van der Waals surface area contributed by atoms with Gasteiger partial charge in [-0.15, -0.1) is 0 Å². The molecule has 0 amide bonds. The molecule has 0 atom stereocenters. The third-order valence-corrected chi connectivity index (χ3v) is 0. The first kappa shape index (κ1) is 108. The van der Waals surface area contributed by atoms with Crippen molar-refractivity contribution in [1.29, 1.82) is 0 Å². The van der Waals surface area contributed by atoms with Gasteiger partial charge >= 0.3 is 0 Å². The Labute approximate surface area is 44.4 Å². The maximum Gasteiger partial charge on any atom is 0 e. The zero-order valence-electron chi connectivity index (χ0n) is 1.43. The summed E-state index contributed by atoms with van der Waals surface area (Å²) in [7, 11) is 0. The second-order valence-electron chi connectivity index (χ2n) is 0. The van der Waals surface area contributed by atoms with Crippen LogP contribution in [0.15, 0.2) is 0 Å². The van der Waals surface area contributed by atoms with E-state index in [1.165, 1.54) is 0 Å². The molecule has 0 aliphatic heterocycles. The van der Waals surface area contributed by atoms with Crippen LogP contribution in [0.25, 0.3) is 0 Å². The molecule has 4 heavy (non-hydrogen) atoms. The van der Waals surface area contributed by atoms with Gasteiger partial charge in [0.25, 0.3) is 0 Å². The van der Waals surface area contributed by atoms with E-state index in [9.17, 15) is 0 Å². The van der Waals surface area contributed by atoms with E-state index in [1.807, 2.05) is 0 Å². The second kappa shape index (κ2) is 46.5. The van der Waals surface area contributed by atoms with Gasteiger partial charge in [0.1, 0.15) is 0 Å². The molecule has 0 aliphatic carbocycles. The number of rotatable bonds is 0. The molecule has 7 radical (unpaired) electrons. The van der Waals surface area contributed by atoms with E-state index < -0.39 is 0 Å². The Hall–Kier alpha value is 0.801. The summed E-state index contributed by atoms with van der Waals surface area (Å²) < 4.78 is 0. The molecule has 0 bridgehead atoms. The Morgan fingerprint density at radius 2 is 1.00 bits per heavy atom. The van der Waals surface area contributed by atoms with Crippen LogP contribution in [0, 0.1) is 0 Å². The normalized spacial score (nSPS) is 0. The third kappa shape index (κ3) is 14.2. The fourth-order valence-corrected chi connectivity index (χ4v) is 0. The Morgan fingerprint density at radius 1 is 1.00 bits per heavy atom. The van der Waals surface area contributed by atoms with E-state index >= 15 is 0 Å². The van der Waals surface area contributed by atoms with Crippen molar-refractivity contribution in [2.45, 2.75) is 7.43 Å². The molecule has 0 saturated heterocycles. The molecule has 0 heterocycles. The summed E-state index contributed by atoms with van der Waals surface area (Å²) in [5.74, 6) is 0. The molecule has 3 heteroatoms. The summed E-state index contributed by atoms with van der Waals surface area (Å²) in [6, 6.07) is 0. The zero-order chi connectivity index (χ0) is 0. The topological polar surface area (TPSA) is 0 Å². The van der Waals surface area contributed by atoms with Gasteiger partial charge in [0.05, 0.1) is 0 Å². The molecule has 0 aromatic carbocycles. The van der Waals surface area contributed by atoms with Gasteiger partial charge in [-0.2, -0.15) is 0 Å². The first-order valence-corrected chi connectivity index (χ1v) is 0. The molecule has 0 nitrogen and oxygen atoms in total. The Bertz CT molecular complexity index is 8.00. The minimum atomic E-state index is 0. The summed E-state index contributed by atoms with van der Waals surface area (Å²) in [5.41, 5.74) is 0. The average Bonchev–Trinajstić information content (AvgIpc) is 0. The van der Waals surface area contributed by atoms with Crippen LogP contribution in [0.2, 0.25) is 0 Å². The van der Waals surface area contributed by atoms with Gasteiger partial charge in [-0.3, -0.25) is 0 Å². The van der Waals surface area contributed by atoms with E-state index in [4.69, 9.17) is 0 Å². The molecule has 0 aliphatic rings. The third-order valence-electron chi connectivity index (χ3n) is 0. The molecule has 0 aromatic rings. The van der Waals surface area contributed by atoms with Gasteiger partial charge in [-0.05, 0) is 0 Å². The standard InChI is InChI=1S/CH4.B.Fe.Si/h1H4;;;. The van der Waals surface area contributed by atoms with Crippen molar-refractivity contribution in [2.24, 2.45) is 0 Å². The molecule has 0 saturated carbocycles. The summed E-state index contributed by atoms with van der Waals surface area (Å²) in [4.78, 5) is 0. The van der Waals surface area contributed by atoms with Crippen molar-refractivity contribution < 1.29 is 17.1 Å².